The average molecular weight is 341 g/mol. The van der Waals surface area contributed by atoms with Gasteiger partial charge in [0.1, 0.15) is 6.33 Å². The summed E-state index contributed by atoms with van der Waals surface area (Å²) >= 11 is 0. The molecule has 2 saturated heterocycles. The molecule has 0 saturated carbocycles. The molecule has 2 amide bonds. The van der Waals surface area contributed by atoms with E-state index in [2.05, 4.69) is 25.7 Å². The number of hydrogen-bond acceptors (Lipinski definition) is 5. The molecule has 0 aliphatic carbocycles. The van der Waals surface area contributed by atoms with Gasteiger partial charge in [-0.2, -0.15) is 0 Å². The number of carbonyl (C=O) groups excluding carboxylic acids is 1. The highest BCUT2D eigenvalue weighted by atomic mass is 16.2. The lowest BCUT2D eigenvalue weighted by Gasteiger charge is -2.28. The van der Waals surface area contributed by atoms with Crippen LogP contribution in [0.5, 0.6) is 0 Å². The lowest BCUT2D eigenvalue weighted by atomic mass is 10.2. The van der Waals surface area contributed by atoms with E-state index in [1.807, 2.05) is 29.2 Å². The van der Waals surface area contributed by atoms with Crippen molar-refractivity contribution in [3.8, 4) is 5.69 Å². The van der Waals surface area contributed by atoms with E-state index in [0.717, 1.165) is 37.3 Å². The maximum atomic E-state index is 12.7. The van der Waals surface area contributed by atoms with Crippen LogP contribution >= 0.6 is 0 Å². The number of rotatable bonds is 4. The molecule has 1 aromatic carbocycles. The van der Waals surface area contributed by atoms with E-state index in [1.165, 1.54) is 25.9 Å². The minimum atomic E-state index is -0.00290. The molecule has 132 valence electrons. The average Bonchev–Trinajstić information content (AvgIpc) is 3.39. The number of amides is 2. The maximum absolute atomic E-state index is 12.7. The van der Waals surface area contributed by atoms with Crippen LogP contribution in [0.25, 0.3) is 5.69 Å². The summed E-state index contributed by atoms with van der Waals surface area (Å²) in [6.07, 6.45) is 6.30. The number of hydrogen-bond donors (Lipinski definition) is 1. The lowest BCUT2D eigenvalue weighted by Crippen LogP contribution is -2.44. The van der Waals surface area contributed by atoms with Gasteiger partial charge in [-0.3, -0.25) is 0 Å². The van der Waals surface area contributed by atoms with Crippen molar-refractivity contribution in [2.75, 3.05) is 31.5 Å². The molecule has 8 heteroatoms. The number of aromatic nitrogens is 4. The van der Waals surface area contributed by atoms with Crippen LogP contribution in [0.3, 0.4) is 0 Å². The van der Waals surface area contributed by atoms with E-state index in [9.17, 15) is 4.79 Å². The van der Waals surface area contributed by atoms with Crippen LogP contribution < -0.4 is 5.32 Å². The van der Waals surface area contributed by atoms with Crippen molar-refractivity contribution in [2.24, 2.45) is 0 Å². The second-order valence-corrected chi connectivity index (χ2v) is 6.73. The summed E-state index contributed by atoms with van der Waals surface area (Å²) in [6.45, 7) is 4.19. The molecule has 0 bridgehead atoms. The largest absolute Gasteiger partial charge is 0.322 e. The zero-order valence-electron chi connectivity index (χ0n) is 14.2. The Bertz CT molecular complexity index is 694. The molecule has 0 spiro atoms. The normalized spacial score (nSPS) is 21.0. The van der Waals surface area contributed by atoms with Crippen molar-refractivity contribution < 1.29 is 4.79 Å². The summed E-state index contributed by atoms with van der Waals surface area (Å²) in [7, 11) is 0. The highest BCUT2D eigenvalue weighted by Gasteiger charge is 2.30. The first kappa shape index (κ1) is 16.0. The summed E-state index contributed by atoms with van der Waals surface area (Å²) in [6, 6.07) is 7.85. The Balaban J connectivity index is 1.37. The molecule has 2 fully saturated rings. The van der Waals surface area contributed by atoms with Crippen LogP contribution in [0.2, 0.25) is 0 Å². The number of benzene rings is 1. The van der Waals surface area contributed by atoms with Crippen molar-refractivity contribution in [3.05, 3.63) is 30.6 Å². The summed E-state index contributed by atoms with van der Waals surface area (Å²) in [5, 5.41) is 14.1. The SMILES string of the molecule is O=C(Nc1ccc(-n2cnnn2)cc1)N1CCC[C@H]1CN1CCCC1. The van der Waals surface area contributed by atoms with Gasteiger partial charge in [-0.15, -0.1) is 5.10 Å². The summed E-state index contributed by atoms with van der Waals surface area (Å²) < 4.78 is 1.58. The first-order chi connectivity index (χ1) is 12.3. The molecule has 25 heavy (non-hydrogen) atoms. The number of likely N-dealkylation sites (tertiary alicyclic amines) is 2. The molecule has 3 heterocycles. The Morgan fingerprint density at radius 1 is 1.12 bits per heavy atom. The highest BCUT2D eigenvalue weighted by Crippen LogP contribution is 2.22. The van der Waals surface area contributed by atoms with E-state index < -0.39 is 0 Å². The van der Waals surface area contributed by atoms with Gasteiger partial charge in [-0.05, 0) is 73.5 Å². The van der Waals surface area contributed by atoms with Gasteiger partial charge in [-0.1, -0.05) is 0 Å². The van der Waals surface area contributed by atoms with Crippen LogP contribution in [0.15, 0.2) is 30.6 Å². The molecular formula is C17H23N7O. The Kier molecular flexibility index (Phi) is 4.60. The predicted octanol–water partition coefficient (Wildman–Crippen LogP) is 1.75. The fourth-order valence-electron chi connectivity index (χ4n) is 3.73. The Labute approximate surface area is 146 Å². The second kappa shape index (κ2) is 7.18. The maximum Gasteiger partial charge on any atom is 0.322 e. The quantitative estimate of drug-likeness (QED) is 0.916. The minimum Gasteiger partial charge on any atom is -0.320 e. The molecule has 2 aliphatic heterocycles. The molecule has 1 N–H and O–H groups in total. The lowest BCUT2D eigenvalue weighted by molar-refractivity contribution is 0.186. The molecule has 0 unspecified atom stereocenters. The van der Waals surface area contributed by atoms with Gasteiger partial charge in [-0.25, -0.2) is 9.48 Å². The number of nitrogens with zero attached hydrogens (tertiary/aromatic N) is 6. The Hall–Kier alpha value is -2.48. The molecule has 1 aromatic heterocycles. The van der Waals surface area contributed by atoms with Gasteiger partial charge in [0, 0.05) is 24.8 Å². The molecular weight excluding hydrogens is 318 g/mol. The number of tetrazole rings is 1. The van der Waals surface area contributed by atoms with Crippen molar-refractivity contribution in [1.82, 2.24) is 30.0 Å². The van der Waals surface area contributed by atoms with E-state index in [1.54, 1.807) is 11.0 Å². The van der Waals surface area contributed by atoms with Gasteiger partial charge in [0.05, 0.1) is 5.69 Å². The standard InChI is InChI=1S/C17H23N7O/c25-17(23-11-3-4-16(23)12-22-9-1-2-10-22)19-14-5-7-15(8-6-14)24-13-18-20-21-24/h5-8,13,16H,1-4,9-12H2,(H,19,25)/t16-/m0/s1. The fraction of sp³-hybridized carbons (Fsp3) is 0.529. The molecule has 1 atom stereocenters. The predicted molar refractivity (Wildman–Crippen MR) is 93.6 cm³/mol. The van der Waals surface area contributed by atoms with E-state index >= 15 is 0 Å². The van der Waals surface area contributed by atoms with Gasteiger partial charge < -0.3 is 15.1 Å². The van der Waals surface area contributed by atoms with Crippen molar-refractivity contribution >= 4 is 11.7 Å². The monoisotopic (exact) mass is 341 g/mol. The Morgan fingerprint density at radius 3 is 2.64 bits per heavy atom. The zero-order chi connectivity index (χ0) is 17.1. The molecule has 8 nitrogen and oxygen atoms in total. The van der Waals surface area contributed by atoms with Gasteiger partial charge in [0.2, 0.25) is 0 Å². The first-order valence-electron chi connectivity index (χ1n) is 8.93. The summed E-state index contributed by atoms with van der Waals surface area (Å²) in [5.41, 5.74) is 1.64. The van der Waals surface area contributed by atoms with E-state index in [4.69, 9.17) is 0 Å². The van der Waals surface area contributed by atoms with Gasteiger partial charge in [0.15, 0.2) is 0 Å². The van der Waals surface area contributed by atoms with Crippen molar-refractivity contribution in [1.29, 1.82) is 0 Å². The Morgan fingerprint density at radius 2 is 1.92 bits per heavy atom. The third-order valence-electron chi connectivity index (χ3n) is 5.04. The minimum absolute atomic E-state index is 0.00290. The third-order valence-corrected chi connectivity index (χ3v) is 5.04. The fourth-order valence-corrected chi connectivity index (χ4v) is 3.73. The smallest absolute Gasteiger partial charge is 0.320 e. The molecule has 2 aromatic rings. The van der Waals surface area contributed by atoms with Crippen LogP contribution in [0, 0.1) is 0 Å². The first-order valence-corrected chi connectivity index (χ1v) is 8.93. The summed E-state index contributed by atoms with van der Waals surface area (Å²) in [5.74, 6) is 0. The highest BCUT2D eigenvalue weighted by molar-refractivity contribution is 5.89. The topological polar surface area (TPSA) is 79.2 Å². The van der Waals surface area contributed by atoms with Gasteiger partial charge >= 0.3 is 6.03 Å². The molecule has 0 radical (unpaired) electrons. The number of anilines is 1. The van der Waals surface area contributed by atoms with Gasteiger partial charge in [0.25, 0.3) is 0 Å². The second-order valence-electron chi connectivity index (χ2n) is 6.73. The molecule has 2 aliphatic rings. The van der Waals surface area contributed by atoms with E-state index in [0.29, 0.717) is 6.04 Å². The van der Waals surface area contributed by atoms with Crippen LogP contribution in [-0.4, -0.2) is 68.3 Å². The molecule has 4 rings (SSSR count). The number of nitrogens with one attached hydrogen (secondary N) is 1. The van der Waals surface area contributed by atoms with Crippen LogP contribution in [-0.2, 0) is 0 Å². The number of urea groups is 1. The van der Waals surface area contributed by atoms with Crippen molar-refractivity contribution in [2.45, 2.75) is 31.7 Å². The van der Waals surface area contributed by atoms with Crippen LogP contribution in [0.1, 0.15) is 25.7 Å². The number of carbonyl (C=O) groups is 1. The summed E-state index contributed by atoms with van der Waals surface area (Å²) in [4.78, 5) is 17.1. The third kappa shape index (κ3) is 3.63. The van der Waals surface area contributed by atoms with Crippen LogP contribution in [0.4, 0.5) is 10.5 Å². The van der Waals surface area contributed by atoms with E-state index in [-0.39, 0.29) is 6.03 Å². The zero-order valence-corrected chi connectivity index (χ0v) is 14.2. The van der Waals surface area contributed by atoms with Crippen molar-refractivity contribution in [3.63, 3.8) is 0 Å².